The van der Waals surface area contributed by atoms with Gasteiger partial charge in [-0.3, -0.25) is 19.6 Å². The lowest BCUT2D eigenvalue weighted by Crippen LogP contribution is -2.28. The molecule has 1 aliphatic carbocycles. The number of aliphatic imine (C=N–C) groups is 2. The summed E-state index contributed by atoms with van der Waals surface area (Å²) in [5.41, 5.74) is 9.45. The molecule has 152 valence electrons. The lowest BCUT2D eigenvalue weighted by molar-refractivity contribution is -0.115. The number of unbranched alkanes of at least 4 members (excludes halogenated alkanes) is 1. The van der Waals surface area contributed by atoms with E-state index in [0.717, 1.165) is 29.7 Å². The number of rotatable bonds is 9. The maximum absolute atomic E-state index is 12.4. The molecule has 5 heteroatoms. The van der Waals surface area contributed by atoms with Gasteiger partial charge in [-0.2, -0.15) is 0 Å². The van der Waals surface area contributed by atoms with Crippen LogP contribution in [0.2, 0.25) is 0 Å². The first kappa shape index (κ1) is 20.9. The second-order valence-corrected chi connectivity index (χ2v) is 7.97. The van der Waals surface area contributed by atoms with Crippen LogP contribution >= 0.6 is 0 Å². The van der Waals surface area contributed by atoms with Gasteiger partial charge in [0.25, 0.3) is 0 Å². The molecular formula is C24H29N3O2. The number of allylic oxidation sites excluding steroid dienone is 1. The van der Waals surface area contributed by atoms with Gasteiger partial charge < -0.3 is 5.73 Å². The van der Waals surface area contributed by atoms with E-state index in [0.29, 0.717) is 30.2 Å². The lowest BCUT2D eigenvalue weighted by Gasteiger charge is -2.19. The maximum Gasteiger partial charge on any atom is 0.188 e. The van der Waals surface area contributed by atoms with Crippen molar-refractivity contribution < 1.29 is 9.59 Å². The molecule has 2 N–H and O–H groups in total. The highest BCUT2D eigenvalue weighted by molar-refractivity contribution is 6.32. The second-order valence-electron chi connectivity index (χ2n) is 7.97. The quantitative estimate of drug-likeness (QED) is 0.640. The van der Waals surface area contributed by atoms with Crippen molar-refractivity contribution >= 4 is 23.5 Å². The van der Waals surface area contributed by atoms with Crippen molar-refractivity contribution in [2.24, 2.45) is 21.6 Å². The van der Waals surface area contributed by atoms with Crippen LogP contribution in [0.1, 0.15) is 61.9 Å². The SMILES string of the molecule is CCCCC(C)CC(=O)c1ccc(CCC2=NC3C(=O)C=C(N)C=C3N=C2)cc1. The highest BCUT2D eigenvalue weighted by Gasteiger charge is 2.26. The van der Waals surface area contributed by atoms with E-state index in [1.807, 2.05) is 24.3 Å². The number of ketones is 2. The van der Waals surface area contributed by atoms with Crippen LogP contribution in [0.5, 0.6) is 0 Å². The van der Waals surface area contributed by atoms with E-state index >= 15 is 0 Å². The molecule has 0 amide bonds. The Morgan fingerprint density at radius 1 is 1.17 bits per heavy atom. The van der Waals surface area contributed by atoms with Crippen molar-refractivity contribution in [2.75, 3.05) is 0 Å². The minimum absolute atomic E-state index is 0.120. The van der Waals surface area contributed by atoms with Crippen LogP contribution in [0.3, 0.4) is 0 Å². The standard InChI is InChI=1S/C24H29N3O2/c1-3-4-5-16(2)12-22(28)18-9-6-17(7-10-18)8-11-20-15-26-21-13-19(25)14-23(29)24(21)27-20/h6-7,9-10,13-16,24H,3-5,8,11-12,25H2,1-2H3. The summed E-state index contributed by atoms with van der Waals surface area (Å²) in [6, 6.07) is 7.29. The van der Waals surface area contributed by atoms with E-state index in [2.05, 4.69) is 23.8 Å². The Hall–Kier alpha value is -2.82. The molecule has 0 bridgehead atoms. The third-order valence-corrected chi connectivity index (χ3v) is 5.36. The summed E-state index contributed by atoms with van der Waals surface area (Å²) < 4.78 is 0. The second kappa shape index (κ2) is 9.59. The minimum atomic E-state index is -0.558. The van der Waals surface area contributed by atoms with Crippen molar-refractivity contribution in [1.82, 2.24) is 0 Å². The third-order valence-electron chi connectivity index (χ3n) is 5.36. The van der Waals surface area contributed by atoms with Gasteiger partial charge in [-0.25, -0.2) is 0 Å². The van der Waals surface area contributed by atoms with E-state index in [4.69, 9.17) is 5.73 Å². The van der Waals surface area contributed by atoms with Crippen LogP contribution in [-0.4, -0.2) is 29.5 Å². The van der Waals surface area contributed by atoms with Crippen molar-refractivity contribution in [3.05, 3.63) is 58.9 Å². The summed E-state index contributed by atoms with van der Waals surface area (Å²) in [4.78, 5) is 33.4. The van der Waals surface area contributed by atoms with Crippen LogP contribution in [0, 0.1) is 5.92 Å². The van der Waals surface area contributed by atoms with Crippen molar-refractivity contribution in [3.8, 4) is 0 Å². The van der Waals surface area contributed by atoms with Crippen LogP contribution in [0.4, 0.5) is 0 Å². The molecule has 1 aliphatic heterocycles. The van der Waals surface area contributed by atoms with Gasteiger partial charge in [-0.15, -0.1) is 0 Å². The predicted molar refractivity (Wildman–Crippen MR) is 117 cm³/mol. The van der Waals surface area contributed by atoms with Crippen molar-refractivity contribution in [2.45, 2.75) is 58.4 Å². The molecule has 1 aromatic rings. The van der Waals surface area contributed by atoms with Crippen LogP contribution in [0.25, 0.3) is 0 Å². The van der Waals surface area contributed by atoms with Gasteiger partial charge in [-0.05, 0) is 30.4 Å². The highest BCUT2D eigenvalue weighted by Crippen LogP contribution is 2.21. The summed E-state index contributed by atoms with van der Waals surface area (Å²) in [7, 11) is 0. The first-order valence-electron chi connectivity index (χ1n) is 10.4. The number of aryl methyl sites for hydroxylation is 1. The molecule has 0 saturated carbocycles. The molecule has 0 radical (unpaired) electrons. The van der Waals surface area contributed by atoms with Gasteiger partial charge in [0.1, 0.15) is 0 Å². The molecule has 0 spiro atoms. The van der Waals surface area contributed by atoms with Crippen LogP contribution in [-0.2, 0) is 11.2 Å². The zero-order chi connectivity index (χ0) is 20.8. The summed E-state index contributed by atoms with van der Waals surface area (Å²) >= 11 is 0. The Balaban J connectivity index is 1.54. The Morgan fingerprint density at radius 3 is 2.66 bits per heavy atom. The van der Waals surface area contributed by atoms with E-state index in [9.17, 15) is 9.59 Å². The number of Topliss-reactive ketones (excluding diaryl/α,β-unsaturated/α-hetero) is 1. The van der Waals surface area contributed by atoms with Gasteiger partial charge in [0.05, 0.1) is 11.4 Å². The number of hydrogen-bond acceptors (Lipinski definition) is 5. The number of fused-ring (bicyclic) bond motifs is 1. The van der Waals surface area contributed by atoms with E-state index in [1.54, 1.807) is 12.3 Å². The van der Waals surface area contributed by atoms with Gasteiger partial charge >= 0.3 is 0 Å². The van der Waals surface area contributed by atoms with E-state index in [-0.39, 0.29) is 11.6 Å². The summed E-state index contributed by atoms with van der Waals surface area (Å²) in [6.45, 7) is 4.32. The number of carbonyl (C=O) groups excluding carboxylic acids is 2. The number of carbonyl (C=O) groups is 2. The summed E-state index contributed by atoms with van der Waals surface area (Å²) in [6.07, 6.45) is 10.4. The van der Waals surface area contributed by atoms with Crippen LogP contribution in [0.15, 0.2) is 57.8 Å². The zero-order valence-electron chi connectivity index (χ0n) is 17.2. The molecule has 0 fully saturated rings. The van der Waals surface area contributed by atoms with Crippen molar-refractivity contribution in [3.63, 3.8) is 0 Å². The molecule has 29 heavy (non-hydrogen) atoms. The number of benzene rings is 1. The van der Waals surface area contributed by atoms with E-state index in [1.165, 1.54) is 18.9 Å². The Bertz CT molecular complexity index is 891. The molecule has 3 rings (SSSR count). The molecule has 2 unspecified atom stereocenters. The number of hydrogen-bond donors (Lipinski definition) is 1. The Kier molecular flexibility index (Phi) is 6.91. The molecule has 5 nitrogen and oxygen atoms in total. The van der Waals surface area contributed by atoms with Gasteiger partial charge in [-0.1, -0.05) is 57.4 Å². The number of nitrogens with two attached hydrogens (primary N) is 1. The third kappa shape index (κ3) is 5.59. The predicted octanol–water partition coefficient (Wildman–Crippen LogP) is 4.22. The Morgan fingerprint density at radius 2 is 1.93 bits per heavy atom. The first-order valence-corrected chi connectivity index (χ1v) is 10.4. The van der Waals surface area contributed by atoms with Gasteiger partial charge in [0.15, 0.2) is 17.6 Å². The minimum Gasteiger partial charge on any atom is -0.399 e. The number of nitrogens with zero attached hydrogens (tertiary/aromatic N) is 2. The average Bonchev–Trinajstić information content (AvgIpc) is 2.71. The topological polar surface area (TPSA) is 84.9 Å². The first-order chi connectivity index (χ1) is 14.0. The van der Waals surface area contributed by atoms with Crippen molar-refractivity contribution in [1.29, 1.82) is 0 Å². The monoisotopic (exact) mass is 391 g/mol. The Labute approximate surface area is 172 Å². The molecule has 0 aromatic heterocycles. The molecule has 1 aromatic carbocycles. The molecular weight excluding hydrogens is 362 g/mol. The smallest absolute Gasteiger partial charge is 0.188 e. The summed E-state index contributed by atoms with van der Waals surface area (Å²) in [5.74, 6) is 0.522. The largest absolute Gasteiger partial charge is 0.399 e. The average molecular weight is 392 g/mol. The lowest BCUT2D eigenvalue weighted by atomic mass is 9.94. The normalized spacial score (nSPS) is 19.2. The van der Waals surface area contributed by atoms with Crippen LogP contribution < -0.4 is 5.73 Å². The molecule has 2 atom stereocenters. The van der Waals surface area contributed by atoms with Gasteiger partial charge in [0, 0.05) is 30.0 Å². The molecule has 0 saturated heterocycles. The zero-order valence-corrected chi connectivity index (χ0v) is 17.2. The fraction of sp³-hybridized carbons (Fsp3) is 0.417. The fourth-order valence-electron chi connectivity index (χ4n) is 3.61. The maximum atomic E-state index is 12.4. The molecule has 1 heterocycles. The molecule has 2 aliphatic rings. The summed E-state index contributed by atoms with van der Waals surface area (Å²) in [5, 5.41) is 0. The fourth-order valence-corrected chi connectivity index (χ4v) is 3.61. The van der Waals surface area contributed by atoms with Gasteiger partial charge in [0.2, 0.25) is 0 Å². The highest BCUT2D eigenvalue weighted by atomic mass is 16.1. The van der Waals surface area contributed by atoms with E-state index < -0.39 is 6.04 Å².